The van der Waals surface area contributed by atoms with Crippen LogP contribution in [0.1, 0.15) is 13.8 Å². The highest BCUT2D eigenvalue weighted by Crippen LogP contribution is 2.27. The van der Waals surface area contributed by atoms with Gasteiger partial charge in [0.1, 0.15) is 11.6 Å². The molecule has 0 saturated heterocycles. The van der Waals surface area contributed by atoms with Crippen LogP contribution in [0.25, 0.3) is 0 Å². The van der Waals surface area contributed by atoms with E-state index >= 15 is 0 Å². The van der Waals surface area contributed by atoms with Crippen LogP contribution in [0.3, 0.4) is 0 Å². The van der Waals surface area contributed by atoms with E-state index in [1.54, 1.807) is 0 Å². The van der Waals surface area contributed by atoms with Gasteiger partial charge in [-0.1, -0.05) is 13.8 Å². The summed E-state index contributed by atoms with van der Waals surface area (Å²) in [4.78, 5) is 0.508. The van der Waals surface area contributed by atoms with Gasteiger partial charge >= 0.3 is 0 Å². The van der Waals surface area contributed by atoms with Gasteiger partial charge in [0.25, 0.3) is 0 Å². The third-order valence-electron chi connectivity index (χ3n) is 2.52. The normalized spacial score (nSPS) is 13.1. The van der Waals surface area contributed by atoms with Gasteiger partial charge in [-0.3, -0.25) is 0 Å². The van der Waals surface area contributed by atoms with Gasteiger partial charge < -0.3 is 0 Å². The Morgan fingerprint density at radius 3 is 2.50 bits per heavy atom. The summed E-state index contributed by atoms with van der Waals surface area (Å²) in [6.07, 6.45) is 0. The Morgan fingerprint density at radius 2 is 2.00 bits per heavy atom. The summed E-state index contributed by atoms with van der Waals surface area (Å²) in [5.74, 6) is 1.55. The van der Waals surface area contributed by atoms with E-state index < -0.39 is 11.6 Å². The second-order valence-corrected chi connectivity index (χ2v) is 5.50. The Balaban J connectivity index is 2.60. The van der Waals surface area contributed by atoms with Crippen molar-refractivity contribution in [2.75, 3.05) is 11.5 Å². The van der Waals surface area contributed by atoms with E-state index in [4.69, 9.17) is 0 Å². The number of rotatable bonds is 5. The van der Waals surface area contributed by atoms with Crippen LogP contribution in [0.2, 0.25) is 0 Å². The number of benzene rings is 1. The van der Waals surface area contributed by atoms with E-state index in [1.165, 1.54) is 23.9 Å². The highest BCUT2D eigenvalue weighted by atomic mass is 32.2. The second kappa shape index (κ2) is 6.50. The minimum Gasteiger partial charge on any atom is -0.207 e. The summed E-state index contributed by atoms with van der Waals surface area (Å²) in [6, 6.07) is 3.70. The fraction of sp³-hybridized carbons (Fsp3) is 0.500. The topological polar surface area (TPSA) is 0 Å². The Hall–Kier alpha value is -0.220. The first kappa shape index (κ1) is 13.8. The molecule has 0 bridgehead atoms. The lowest BCUT2D eigenvalue weighted by Crippen LogP contribution is -2.13. The zero-order valence-corrected chi connectivity index (χ0v) is 11.1. The van der Waals surface area contributed by atoms with Gasteiger partial charge in [0.2, 0.25) is 0 Å². The Bertz CT molecular complexity index is 340. The molecule has 0 aliphatic rings. The summed E-state index contributed by atoms with van der Waals surface area (Å²) < 4.78 is 26.0. The SMILES string of the molecule is CC(C)C(CS)CSc1ccc(F)cc1F. The van der Waals surface area contributed by atoms with Crippen LogP contribution in [0.15, 0.2) is 23.1 Å². The second-order valence-electron chi connectivity index (χ2n) is 4.07. The summed E-state index contributed by atoms with van der Waals surface area (Å²) in [6.45, 7) is 4.25. The van der Waals surface area contributed by atoms with Gasteiger partial charge in [-0.25, -0.2) is 8.78 Å². The molecule has 0 fully saturated rings. The average molecular weight is 262 g/mol. The van der Waals surface area contributed by atoms with E-state index in [2.05, 4.69) is 26.5 Å². The number of hydrogen-bond acceptors (Lipinski definition) is 2. The van der Waals surface area contributed by atoms with Crippen molar-refractivity contribution in [1.29, 1.82) is 0 Å². The largest absolute Gasteiger partial charge is 0.207 e. The predicted octanol–water partition coefficient (Wildman–Crippen LogP) is 4.26. The fourth-order valence-corrected chi connectivity index (χ4v) is 3.23. The van der Waals surface area contributed by atoms with Crippen LogP contribution in [0.5, 0.6) is 0 Å². The van der Waals surface area contributed by atoms with Gasteiger partial charge in [0.15, 0.2) is 0 Å². The van der Waals surface area contributed by atoms with Crippen molar-refractivity contribution in [3.63, 3.8) is 0 Å². The number of thioether (sulfide) groups is 1. The summed E-state index contributed by atoms with van der Waals surface area (Å²) >= 11 is 5.70. The molecule has 0 heterocycles. The van der Waals surface area contributed by atoms with Crippen LogP contribution < -0.4 is 0 Å². The molecule has 0 saturated carbocycles. The van der Waals surface area contributed by atoms with Crippen molar-refractivity contribution in [3.05, 3.63) is 29.8 Å². The number of hydrogen-bond donors (Lipinski definition) is 1. The van der Waals surface area contributed by atoms with Crippen LogP contribution in [-0.4, -0.2) is 11.5 Å². The maximum Gasteiger partial charge on any atom is 0.139 e. The molecule has 0 nitrogen and oxygen atoms in total. The fourth-order valence-electron chi connectivity index (χ4n) is 1.25. The highest BCUT2D eigenvalue weighted by molar-refractivity contribution is 7.99. The standard InChI is InChI=1S/C12H16F2S2/c1-8(2)9(6-15)7-16-12-4-3-10(13)5-11(12)14/h3-5,8-9,15H,6-7H2,1-2H3. The lowest BCUT2D eigenvalue weighted by atomic mass is 10.0. The van der Waals surface area contributed by atoms with Crippen LogP contribution in [0.4, 0.5) is 8.78 Å². The van der Waals surface area contributed by atoms with Gasteiger partial charge in [-0.15, -0.1) is 11.8 Å². The smallest absolute Gasteiger partial charge is 0.139 e. The number of halogens is 2. The molecule has 0 spiro atoms. The van der Waals surface area contributed by atoms with Crippen molar-refractivity contribution in [1.82, 2.24) is 0 Å². The lowest BCUT2D eigenvalue weighted by molar-refractivity contribution is 0.472. The molecule has 0 aromatic heterocycles. The summed E-state index contributed by atoms with van der Waals surface area (Å²) in [5.41, 5.74) is 0. The molecule has 1 unspecified atom stereocenters. The van der Waals surface area contributed by atoms with Gasteiger partial charge in [-0.05, 0) is 29.7 Å². The minimum absolute atomic E-state index is 0.442. The molecule has 0 aliphatic carbocycles. The molecule has 1 atom stereocenters. The number of thiol groups is 1. The summed E-state index contributed by atoms with van der Waals surface area (Å²) in [7, 11) is 0. The van der Waals surface area contributed by atoms with Crippen LogP contribution >= 0.6 is 24.4 Å². The quantitative estimate of drug-likeness (QED) is 0.611. The molecule has 0 radical (unpaired) electrons. The van der Waals surface area contributed by atoms with Crippen LogP contribution in [-0.2, 0) is 0 Å². The Morgan fingerprint density at radius 1 is 1.31 bits per heavy atom. The zero-order chi connectivity index (χ0) is 12.1. The van der Waals surface area contributed by atoms with Crippen molar-refractivity contribution in [2.45, 2.75) is 18.7 Å². The third-order valence-corrected chi connectivity index (χ3v) is 4.23. The maximum absolute atomic E-state index is 13.3. The molecule has 4 heteroatoms. The van der Waals surface area contributed by atoms with Gasteiger partial charge in [0, 0.05) is 16.7 Å². The predicted molar refractivity (Wildman–Crippen MR) is 69.3 cm³/mol. The van der Waals surface area contributed by atoms with E-state index in [9.17, 15) is 8.78 Å². The van der Waals surface area contributed by atoms with E-state index in [-0.39, 0.29) is 0 Å². The molecule has 0 aliphatic heterocycles. The van der Waals surface area contributed by atoms with Gasteiger partial charge in [-0.2, -0.15) is 12.6 Å². The highest BCUT2D eigenvalue weighted by Gasteiger charge is 2.13. The average Bonchev–Trinajstić information content (AvgIpc) is 2.21. The van der Waals surface area contributed by atoms with E-state index in [1.807, 2.05) is 0 Å². The van der Waals surface area contributed by atoms with Crippen LogP contribution in [0, 0.1) is 23.5 Å². The van der Waals surface area contributed by atoms with Crippen molar-refractivity contribution in [2.24, 2.45) is 11.8 Å². The molecule has 0 amide bonds. The molecule has 0 N–H and O–H groups in total. The first-order valence-corrected chi connectivity index (χ1v) is 6.85. The Kier molecular flexibility index (Phi) is 5.62. The first-order valence-electron chi connectivity index (χ1n) is 5.23. The molecule has 90 valence electrons. The zero-order valence-electron chi connectivity index (χ0n) is 9.41. The molecule has 16 heavy (non-hydrogen) atoms. The molecule has 1 rings (SSSR count). The molecular formula is C12H16F2S2. The van der Waals surface area contributed by atoms with Crippen molar-refractivity contribution < 1.29 is 8.78 Å². The summed E-state index contributed by atoms with van der Waals surface area (Å²) in [5, 5.41) is 0. The van der Waals surface area contributed by atoms with E-state index in [0.29, 0.717) is 16.7 Å². The Labute approximate surface area is 105 Å². The molecule has 1 aromatic rings. The van der Waals surface area contributed by atoms with E-state index in [0.717, 1.165) is 17.6 Å². The van der Waals surface area contributed by atoms with Crippen molar-refractivity contribution >= 4 is 24.4 Å². The van der Waals surface area contributed by atoms with Crippen molar-refractivity contribution in [3.8, 4) is 0 Å². The lowest BCUT2D eigenvalue weighted by Gasteiger charge is -2.17. The maximum atomic E-state index is 13.3. The first-order chi connectivity index (χ1) is 7.54. The molecule has 1 aromatic carbocycles. The van der Waals surface area contributed by atoms with Gasteiger partial charge in [0.05, 0.1) is 0 Å². The molecular weight excluding hydrogens is 246 g/mol. The monoisotopic (exact) mass is 262 g/mol. The minimum atomic E-state index is -0.531. The third kappa shape index (κ3) is 3.98.